The lowest BCUT2D eigenvalue weighted by Gasteiger charge is -2.06. The summed E-state index contributed by atoms with van der Waals surface area (Å²) in [5.41, 5.74) is 1.48. The monoisotopic (exact) mass is 382 g/mol. The van der Waals surface area contributed by atoms with Crippen molar-refractivity contribution in [1.29, 1.82) is 0 Å². The normalized spacial score (nSPS) is 10.1. The molecule has 0 spiro atoms. The first-order valence-corrected chi connectivity index (χ1v) is 7.99. The Balaban J connectivity index is 1.89. The van der Waals surface area contributed by atoms with Crippen LogP contribution < -0.4 is 5.69 Å². The second kappa shape index (κ2) is 7.24. The predicted octanol–water partition coefficient (Wildman–Crippen LogP) is 3.59. The van der Waals surface area contributed by atoms with Gasteiger partial charge in [0.1, 0.15) is 11.5 Å². The van der Waals surface area contributed by atoms with Crippen LogP contribution in [0, 0.1) is 17.7 Å². The van der Waals surface area contributed by atoms with Gasteiger partial charge in [-0.3, -0.25) is 4.57 Å². The van der Waals surface area contributed by atoms with Crippen molar-refractivity contribution in [2.45, 2.75) is 6.54 Å². The molecule has 0 saturated heterocycles. The molecule has 0 fully saturated rings. The molecule has 5 heteroatoms. The van der Waals surface area contributed by atoms with Gasteiger partial charge in [0.2, 0.25) is 0 Å². The van der Waals surface area contributed by atoms with Gasteiger partial charge in [0.15, 0.2) is 0 Å². The molecule has 0 bridgehead atoms. The summed E-state index contributed by atoms with van der Waals surface area (Å²) in [6.07, 6.45) is 1.62. The Labute approximate surface area is 146 Å². The third-order valence-electron chi connectivity index (χ3n) is 3.29. The fourth-order valence-corrected chi connectivity index (χ4v) is 2.59. The van der Waals surface area contributed by atoms with Gasteiger partial charge in [0.05, 0.1) is 11.0 Å². The fourth-order valence-electron chi connectivity index (χ4n) is 2.15. The van der Waals surface area contributed by atoms with Gasteiger partial charge in [0, 0.05) is 11.8 Å². The average molecular weight is 383 g/mol. The highest BCUT2D eigenvalue weighted by atomic mass is 79.9. The van der Waals surface area contributed by atoms with Crippen LogP contribution in [-0.2, 0) is 6.54 Å². The molecule has 0 amide bonds. The number of halogens is 2. The summed E-state index contributed by atoms with van der Waals surface area (Å²) >= 11 is 3.38. The molecule has 0 N–H and O–H groups in total. The van der Waals surface area contributed by atoms with Crippen molar-refractivity contribution in [1.82, 2.24) is 9.55 Å². The van der Waals surface area contributed by atoms with E-state index in [1.807, 2.05) is 30.3 Å². The molecule has 3 nitrogen and oxygen atoms in total. The molecule has 2 aromatic carbocycles. The third-order valence-corrected chi connectivity index (χ3v) is 3.87. The minimum Gasteiger partial charge on any atom is -0.294 e. The molecule has 0 aliphatic rings. The minimum atomic E-state index is -0.431. The zero-order chi connectivity index (χ0) is 16.9. The standard InChI is InChI=1S/C19H12BrFN2O/c20-17-13-23(12-15-7-4-8-16(21)11-15)19(24)22-18(17)10-9-14-5-2-1-3-6-14/h1-8,11,13H,12H2. The van der Waals surface area contributed by atoms with Gasteiger partial charge < -0.3 is 0 Å². The van der Waals surface area contributed by atoms with E-state index in [1.165, 1.54) is 16.7 Å². The zero-order valence-electron chi connectivity index (χ0n) is 12.5. The average Bonchev–Trinajstić information content (AvgIpc) is 2.57. The van der Waals surface area contributed by atoms with E-state index in [2.05, 4.69) is 32.8 Å². The van der Waals surface area contributed by atoms with Crippen LogP contribution in [0.25, 0.3) is 0 Å². The smallest absolute Gasteiger partial charge is 0.294 e. The third kappa shape index (κ3) is 3.98. The number of hydrogen-bond donors (Lipinski definition) is 0. The van der Waals surface area contributed by atoms with E-state index in [0.29, 0.717) is 15.7 Å². The zero-order valence-corrected chi connectivity index (χ0v) is 14.1. The summed E-state index contributed by atoms with van der Waals surface area (Å²) in [6, 6.07) is 15.6. The number of hydrogen-bond acceptors (Lipinski definition) is 2. The number of aromatic nitrogens is 2. The second-order valence-electron chi connectivity index (χ2n) is 5.09. The van der Waals surface area contributed by atoms with Gasteiger partial charge >= 0.3 is 5.69 Å². The SMILES string of the molecule is O=c1nc(C#Cc2ccccc2)c(Br)cn1Cc1cccc(F)c1. The quantitative estimate of drug-likeness (QED) is 0.634. The summed E-state index contributed by atoms with van der Waals surface area (Å²) in [5.74, 6) is 5.52. The van der Waals surface area contributed by atoms with Crippen LogP contribution in [0.15, 0.2) is 70.1 Å². The van der Waals surface area contributed by atoms with Gasteiger partial charge in [-0.2, -0.15) is 4.98 Å². The number of nitrogens with zero attached hydrogens (tertiary/aromatic N) is 2. The van der Waals surface area contributed by atoms with Crippen molar-refractivity contribution in [2.75, 3.05) is 0 Å². The van der Waals surface area contributed by atoms with Crippen LogP contribution in [0.5, 0.6) is 0 Å². The molecule has 0 atom stereocenters. The lowest BCUT2D eigenvalue weighted by atomic mass is 10.2. The number of rotatable bonds is 2. The molecule has 1 heterocycles. The van der Waals surface area contributed by atoms with Gasteiger partial charge in [-0.1, -0.05) is 36.3 Å². The van der Waals surface area contributed by atoms with E-state index in [0.717, 1.165) is 5.56 Å². The Kier molecular flexibility index (Phi) is 4.88. The molecule has 0 saturated carbocycles. The van der Waals surface area contributed by atoms with Gasteiger partial charge in [-0.15, -0.1) is 0 Å². The van der Waals surface area contributed by atoms with Crippen LogP contribution in [0.3, 0.4) is 0 Å². The maximum atomic E-state index is 13.2. The summed E-state index contributed by atoms with van der Waals surface area (Å²) < 4.78 is 15.3. The highest BCUT2D eigenvalue weighted by Crippen LogP contribution is 2.12. The lowest BCUT2D eigenvalue weighted by Crippen LogP contribution is -2.24. The fraction of sp³-hybridized carbons (Fsp3) is 0.0526. The van der Waals surface area contributed by atoms with E-state index in [4.69, 9.17) is 0 Å². The Bertz CT molecular complexity index is 987. The van der Waals surface area contributed by atoms with Crippen molar-refractivity contribution in [3.8, 4) is 11.8 Å². The molecule has 24 heavy (non-hydrogen) atoms. The Morgan fingerprint density at radius 1 is 1.08 bits per heavy atom. The molecule has 3 aromatic rings. The van der Waals surface area contributed by atoms with Gasteiger partial charge in [0.25, 0.3) is 0 Å². The maximum absolute atomic E-state index is 13.2. The van der Waals surface area contributed by atoms with Crippen molar-refractivity contribution >= 4 is 15.9 Å². The highest BCUT2D eigenvalue weighted by Gasteiger charge is 2.06. The van der Waals surface area contributed by atoms with Crippen molar-refractivity contribution in [2.24, 2.45) is 0 Å². The van der Waals surface area contributed by atoms with Gasteiger partial charge in [-0.05, 0) is 51.7 Å². The number of benzene rings is 2. The summed E-state index contributed by atoms with van der Waals surface area (Å²) in [5, 5.41) is 0. The summed E-state index contributed by atoms with van der Waals surface area (Å²) in [4.78, 5) is 16.2. The largest absolute Gasteiger partial charge is 0.349 e. The van der Waals surface area contributed by atoms with Gasteiger partial charge in [-0.25, -0.2) is 9.18 Å². The second-order valence-corrected chi connectivity index (χ2v) is 5.95. The van der Waals surface area contributed by atoms with Crippen molar-refractivity contribution < 1.29 is 4.39 Å². The summed E-state index contributed by atoms with van der Waals surface area (Å²) in [6.45, 7) is 0.245. The van der Waals surface area contributed by atoms with Crippen LogP contribution in [0.4, 0.5) is 4.39 Å². The molecular weight excluding hydrogens is 371 g/mol. The Morgan fingerprint density at radius 2 is 1.88 bits per heavy atom. The van der Waals surface area contributed by atoms with Crippen LogP contribution >= 0.6 is 15.9 Å². The first-order valence-electron chi connectivity index (χ1n) is 7.20. The molecule has 0 unspecified atom stereocenters. The first kappa shape index (κ1) is 16.2. The molecule has 118 valence electrons. The molecule has 0 radical (unpaired) electrons. The Morgan fingerprint density at radius 3 is 2.62 bits per heavy atom. The van der Waals surface area contributed by atoms with Crippen LogP contribution in [-0.4, -0.2) is 9.55 Å². The van der Waals surface area contributed by atoms with E-state index in [9.17, 15) is 9.18 Å². The van der Waals surface area contributed by atoms with E-state index >= 15 is 0 Å². The predicted molar refractivity (Wildman–Crippen MR) is 94.1 cm³/mol. The summed E-state index contributed by atoms with van der Waals surface area (Å²) in [7, 11) is 0. The molecular formula is C19H12BrFN2O. The highest BCUT2D eigenvalue weighted by molar-refractivity contribution is 9.10. The van der Waals surface area contributed by atoms with Crippen LogP contribution in [0.1, 0.15) is 16.8 Å². The maximum Gasteiger partial charge on any atom is 0.349 e. The van der Waals surface area contributed by atoms with E-state index in [-0.39, 0.29) is 12.4 Å². The van der Waals surface area contributed by atoms with Crippen LogP contribution in [0.2, 0.25) is 0 Å². The minimum absolute atomic E-state index is 0.245. The molecule has 3 rings (SSSR count). The first-order chi connectivity index (χ1) is 11.6. The topological polar surface area (TPSA) is 34.9 Å². The molecule has 1 aromatic heterocycles. The van der Waals surface area contributed by atoms with E-state index < -0.39 is 5.69 Å². The van der Waals surface area contributed by atoms with E-state index in [1.54, 1.807) is 18.3 Å². The lowest BCUT2D eigenvalue weighted by molar-refractivity contribution is 0.621. The molecule has 0 aliphatic carbocycles. The van der Waals surface area contributed by atoms with Crippen molar-refractivity contribution in [3.63, 3.8) is 0 Å². The van der Waals surface area contributed by atoms with Crippen molar-refractivity contribution in [3.05, 3.63) is 98.4 Å². The molecule has 0 aliphatic heterocycles. The Hall–Kier alpha value is -2.71.